The molecule has 1 atom stereocenters. The molecular weight excluding hydrogens is 256 g/mol. The van der Waals surface area contributed by atoms with Crippen LogP contribution in [0, 0.1) is 0 Å². The van der Waals surface area contributed by atoms with Crippen LogP contribution in [0.5, 0.6) is 0 Å². The minimum Gasteiger partial charge on any atom is -0.467 e. The Labute approximate surface area is 118 Å². The van der Waals surface area contributed by atoms with Gasteiger partial charge in [-0.3, -0.25) is 10.1 Å². The molecule has 0 radical (unpaired) electrons. The van der Waals surface area contributed by atoms with Crippen LogP contribution in [0.2, 0.25) is 0 Å². The smallest absolute Gasteiger partial charge is 0.234 e. The molecule has 2 aromatic rings. The molecule has 1 unspecified atom stereocenters. The molecule has 0 aliphatic heterocycles. The third-order valence-corrected chi connectivity index (χ3v) is 2.86. The van der Waals surface area contributed by atoms with Gasteiger partial charge in [0.1, 0.15) is 17.6 Å². The van der Waals surface area contributed by atoms with Gasteiger partial charge in [-0.1, -0.05) is 0 Å². The average Bonchev–Trinajstić information content (AvgIpc) is 3.01. The number of aromatic nitrogens is 2. The normalized spacial score (nSPS) is 12.6. The predicted octanol–water partition coefficient (Wildman–Crippen LogP) is 1.22. The van der Waals surface area contributed by atoms with Gasteiger partial charge in [0.05, 0.1) is 12.8 Å². The van der Waals surface area contributed by atoms with Gasteiger partial charge in [0.2, 0.25) is 5.91 Å². The molecule has 1 amide bonds. The highest BCUT2D eigenvalue weighted by Gasteiger charge is 2.21. The molecule has 2 heterocycles. The summed E-state index contributed by atoms with van der Waals surface area (Å²) < 4.78 is 7.34. The summed E-state index contributed by atoms with van der Waals surface area (Å²) in [7, 11) is 1.91. The number of amides is 1. The Morgan fingerprint density at radius 3 is 2.85 bits per heavy atom. The number of hydrogen-bond donors (Lipinski definition) is 2. The average molecular weight is 276 g/mol. The SMILES string of the molecule is CC(C)NC(=O)CNC(c1ccco1)c1nccn1C. The zero-order chi connectivity index (χ0) is 14.5. The summed E-state index contributed by atoms with van der Waals surface area (Å²) in [5, 5.41) is 6.03. The van der Waals surface area contributed by atoms with Crippen LogP contribution in [-0.2, 0) is 11.8 Å². The molecule has 0 saturated heterocycles. The van der Waals surface area contributed by atoms with Gasteiger partial charge in [0.25, 0.3) is 0 Å². The van der Waals surface area contributed by atoms with Crippen molar-refractivity contribution in [3.8, 4) is 0 Å². The van der Waals surface area contributed by atoms with Crippen molar-refractivity contribution in [2.24, 2.45) is 7.05 Å². The molecule has 2 rings (SSSR count). The quantitative estimate of drug-likeness (QED) is 0.832. The number of aryl methyl sites for hydroxylation is 1. The molecule has 0 fully saturated rings. The fourth-order valence-corrected chi connectivity index (χ4v) is 2.00. The molecule has 2 N–H and O–H groups in total. The van der Waals surface area contributed by atoms with Crippen LogP contribution in [-0.4, -0.2) is 28.0 Å². The Bertz CT molecular complexity index is 545. The Balaban J connectivity index is 2.09. The van der Waals surface area contributed by atoms with Crippen LogP contribution in [0.1, 0.15) is 31.5 Å². The van der Waals surface area contributed by atoms with Crippen LogP contribution < -0.4 is 10.6 Å². The van der Waals surface area contributed by atoms with Crippen LogP contribution in [0.4, 0.5) is 0 Å². The summed E-state index contributed by atoms with van der Waals surface area (Å²) in [4.78, 5) is 16.1. The third-order valence-electron chi connectivity index (χ3n) is 2.86. The van der Waals surface area contributed by atoms with E-state index in [2.05, 4.69) is 15.6 Å². The fraction of sp³-hybridized carbons (Fsp3) is 0.429. The first-order valence-corrected chi connectivity index (χ1v) is 6.61. The summed E-state index contributed by atoms with van der Waals surface area (Å²) in [5.41, 5.74) is 0. The fourth-order valence-electron chi connectivity index (χ4n) is 2.00. The molecule has 0 aliphatic rings. The summed E-state index contributed by atoms with van der Waals surface area (Å²) in [5.74, 6) is 1.49. The Hall–Kier alpha value is -2.08. The van der Waals surface area contributed by atoms with Gasteiger partial charge in [0.15, 0.2) is 0 Å². The van der Waals surface area contributed by atoms with Crippen LogP contribution in [0.3, 0.4) is 0 Å². The lowest BCUT2D eigenvalue weighted by Gasteiger charge is -2.17. The maximum absolute atomic E-state index is 11.8. The molecule has 0 aliphatic carbocycles. The van der Waals surface area contributed by atoms with Gasteiger partial charge < -0.3 is 14.3 Å². The molecule has 6 nitrogen and oxygen atoms in total. The van der Waals surface area contributed by atoms with Gasteiger partial charge in [0, 0.05) is 25.5 Å². The van der Waals surface area contributed by atoms with Crippen LogP contribution in [0.25, 0.3) is 0 Å². The highest BCUT2D eigenvalue weighted by Crippen LogP contribution is 2.20. The largest absolute Gasteiger partial charge is 0.467 e. The first-order chi connectivity index (χ1) is 9.58. The minimum atomic E-state index is -0.247. The van der Waals surface area contributed by atoms with E-state index in [0.717, 1.165) is 11.6 Å². The first kappa shape index (κ1) is 14.3. The van der Waals surface area contributed by atoms with E-state index in [0.29, 0.717) is 0 Å². The van der Waals surface area contributed by atoms with Crippen LogP contribution in [0.15, 0.2) is 35.2 Å². The number of nitrogens with one attached hydrogen (secondary N) is 2. The minimum absolute atomic E-state index is 0.0502. The zero-order valence-corrected chi connectivity index (χ0v) is 12.0. The van der Waals surface area contributed by atoms with Crippen molar-refractivity contribution < 1.29 is 9.21 Å². The summed E-state index contributed by atoms with van der Waals surface area (Å²) in [6.07, 6.45) is 5.20. The molecule has 2 aromatic heterocycles. The van der Waals surface area contributed by atoms with Crippen molar-refractivity contribution in [3.05, 3.63) is 42.4 Å². The van der Waals surface area contributed by atoms with E-state index < -0.39 is 0 Å². The number of imidazole rings is 1. The monoisotopic (exact) mass is 276 g/mol. The molecule has 108 valence electrons. The highest BCUT2D eigenvalue weighted by atomic mass is 16.3. The van der Waals surface area contributed by atoms with E-state index >= 15 is 0 Å². The molecule has 0 bridgehead atoms. The van der Waals surface area contributed by atoms with Crippen molar-refractivity contribution in [2.45, 2.75) is 25.9 Å². The van der Waals surface area contributed by atoms with E-state index in [1.165, 1.54) is 0 Å². The maximum atomic E-state index is 11.8. The van der Waals surface area contributed by atoms with E-state index in [4.69, 9.17) is 4.42 Å². The first-order valence-electron chi connectivity index (χ1n) is 6.61. The predicted molar refractivity (Wildman–Crippen MR) is 75.0 cm³/mol. The summed E-state index contributed by atoms with van der Waals surface area (Å²) in [6.45, 7) is 4.07. The Morgan fingerprint density at radius 1 is 1.50 bits per heavy atom. The number of hydrogen-bond acceptors (Lipinski definition) is 4. The molecule has 6 heteroatoms. The van der Waals surface area contributed by atoms with Crippen molar-refractivity contribution in [3.63, 3.8) is 0 Å². The molecule has 0 spiro atoms. The number of furan rings is 1. The molecular formula is C14H20N4O2. The van der Waals surface area contributed by atoms with Gasteiger partial charge in [-0.2, -0.15) is 0 Å². The van der Waals surface area contributed by atoms with E-state index in [-0.39, 0.29) is 24.5 Å². The lowest BCUT2D eigenvalue weighted by molar-refractivity contribution is -0.120. The van der Waals surface area contributed by atoms with E-state index in [1.807, 2.05) is 43.8 Å². The van der Waals surface area contributed by atoms with E-state index in [9.17, 15) is 4.79 Å². The maximum Gasteiger partial charge on any atom is 0.234 e. The third kappa shape index (κ3) is 3.48. The zero-order valence-electron chi connectivity index (χ0n) is 12.0. The van der Waals surface area contributed by atoms with Gasteiger partial charge in [-0.05, 0) is 26.0 Å². The standard InChI is InChI=1S/C14H20N4O2/c1-10(2)17-12(19)9-16-13(11-5-4-8-20-11)14-15-6-7-18(14)3/h4-8,10,13,16H,9H2,1-3H3,(H,17,19). The molecule has 20 heavy (non-hydrogen) atoms. The number of carbonyl (C=O) groups is 1. The molecule has 0 saturated carbocycles. The van der Waals surface area contributed by atoms with Crippen LogP contribution >= 0.6 is 0 Å². The second-order valence-corrected chi connectivity index (χ2v) is 4.95. The number of nitrogens with zero attached hydrogens (tertiary/aromatic N) is 2. The van der Waals surface area contributed by atoms with Gasteiger partial charge in [-0.25, -0.2) is 4.98 Å². The highest BCUT2D eigenvalue weighted by molar-refractivity contribution is 5.78. The second-order valence-electron chi connectivity index (χ2n) is 4.95. The van der Waals surface area contributed by atoms with Gasteiger partial charge in [-0.15, -0.1) is 0 Å². The number of carbonyl (C=O) groups excluding carboxylic acids is 1. The number of rotatable bonds is 6. The summed E-state index contributed by atoms with van der Waals surface area (Å²) >= 11 is 0. The lowest BCUT2D eigenvalue weighted by atomic mass is 10.2. The van der Waals surface area contributed by atoms with Crippen molar-refractivity contribution in [1.29, 1.82) is 0 Å². The Morgan fingerprint density at radius 2 is 2.30 bits per heavy atom. The summed E-state index contributed by atoms with van der Waals surface area (Å²) in [6, 6.07) is 3.57. The van der Waals surface area contributed by atoms with E-state index in [1.54, 1.807) is 12.5 Å². The van der Waals surface area contributed by atoms with Crippen molar-refractivity contribution in [1.82, 2.24) is 20.2 Å². The molecule has 0 aromatic carbocycles. The lowest BCUT2D eigenvalue weighted by Crippen LogP contribution is -2.39. The topological polar surface area (TPSA) is 72.1 Å². The second kappa shape index (κ2) is 6.38. The Kier molecular flexibility index (Phi) is 4.57. The van der Waals surface area contributed by atoms with Crippen molar-refractivity contribution >= 4 is 5.91 Å². The van der Waals surface area contributed by atoms with Gasteiger partial charge >= 0.3 is 0 Å². The van der Waals surface area contributed by atoms with Crippen molar-refractivity contribution in [2.75, 3.05) is 6.54 Å².